The molecule has 0 aliphatic carbocycles. The van der Waals surface area contributed by atoms with Crippen LogP contribution in [0.15, 0.2) is 22.7 Å². The molecule has 0 bridgehead atoms. The molecular weight excluding hydrogens is 347 g/mol. The van der Waals surface area contributed by atoms with Crippen LogP contribution in [-0.4, -0.2) is 5.97 Å². The number of rotatable bonds is 2. The van der Waals surface area contributed by atoms with Crippen molar-refractivity contribution in [3.8, 4) is 5.75 Å². The molecule has 0 atom stereocenters. The number of benzene rings is 1. The van der Waals surface area contributed by atoms with Crippen molar-refractivity contribution < 1.29 is 9.53 Å². The molecule has 0 aliphatic rings. The zero-order valence-corrected chi connectivity index (χ0v) is 10.8. The van der Waals surface area contributed by atoms with E-state index in [9.17, 15) is 4.79 Å². The second kappa shape index (κ2) is 4.95. The molecule has 0 fully saturated rings. The van der Waals surface area contributed by atoms with Crippen molar-refractivity contribution in [1.29, 1.82) is 0 Å². The van der Waals surface area contributed by atoms with E-state index in [2.05, 4.69) is 38.5 Å². The molecule has 0 heterocycles. The smallest absolute Gasteiger partial charge is 0.310 e. The van der Waals surface area contributed by atoms with Gasteiger partial charge in [0, 0.05) is 9.99 Å². The maximum absolute atomic E-state index is 11.0. The second-order valence-corrected chi connectivity index (χ2v) is 4.50. The molecule has 0 aliphatic heterocycles. The van der Waals surface area contributed by atoms with E-state index in [1.165, 1.54) is 0 Å². The standard InChI is InChI=1S/C9H8BrIO2/c1-2-9(12)13-8-4-3-6(11)5-7(8)10/h3-5H,2H2,1H3. The maximum Gasteiger partial charge on any atom is 0.310 e. The number of hydrogen-bond acceptors (Lipinski definition) is 2. The molecule has 0 spiro atoms. The molecule has 0 radical (unpaired) electrons. The lowest BCUT2D eigenvalue weighted by molar-refractivity contribution is -0.134. The lowest BCUT2D eigenvalue weighted by atomic mass is 10.3. The van der Waals surface area contributed by atoms with Crippen LogP contribution in [0.2, 0.25) is 0 Å². The Labute approximate surface area is 98.9 Å². The quantitative estimate of drug-likeness (QED) is 0.462. The van der Waals surface area contributed by atoms with Gasteiger partial charge in [0.25, 0.3) is 0 Å². The van der Waals surface area contributed by atoms with Gasteiger partial charge in [0.05, 0.1) is 4.47 Å². The molecule has 0 amide bonds. The summed E-state index contributed by atoms with van der Waals surface area (Å²) in [6.45, 7) is 1.77. The summed E-state index contributed by atoms with van der Waals surface area (Å²) in [5.74, 6) is 0.356. The van der Waals surface area contributed by atoms with E-state index in [-0.39, 0.29) is 5.97 Å². The largest absolute Gasteiger partial charge is 0.425 e. The van der Waals surface area contributed by atoms with E-state index < -0.39 is 0 Å². The molecule has 0 unspecified atom stereocenters. The van der Waals surface area contributed by atoms with Crippen LogP contribution >= 0.6 is 38.5 Å². The van der Waals surface area contributed by atoms with Crippen molar-refractivity contribution in [2.45, 2.75) is 13.3 Å². The van der Waals surface area contributed by atoms with Crippen molar-refractivity contribution in [2.75, 3.05) is 0 Å². The van der Waals surface area contributed by atoms with Gasteiger partial charge in [-0.1, -0.05) is 6.92 Å². The molecule has 4 heteroatoms. The van der Waals surface area contributed by atoms with E-state index >= 15 is 0 Å². The first-order valence-corrected chi connectivity index (χ1v) is 5.66. The van der Waals surface area contributed by atoms with Gasteiger partial charge in [-0.2, -0.15) is 0 Å². The van der Waals surface area contributed by atoms with Crippen LogP contribution in [0.3, 0.4) is 0 Å². The fraction of sp³-hybridized carbons (Fsp3) is 0.222. The van der Waals surface area contributed by atoms with Crippen molar-refractivity contribution in [2.24, 2.45) is 0 Å². The van der Waals surface area contributed by atoms with Gasteiger partial charge in [0.15, 0.2) is 0 Å². The maximum atomic E-state index is 11.0. The van der Waals surface area contributed by atoms with Gasteiger partial charge in [0.2, 0.25) is 0 Å². The first kappa shape index (κ1) is 11.0. The number of carbonyl (C=O) groups excluding carboxylic acids is 1. The van der Waals surface area contributed by atoms with Gasteiger partial charge in [-0.3, -0.25) is 4.79 Å². The minimum Gasteiger partial charge on any atom is -0.425 e. The predicted octanol–water partition coefficient (Wildman–Crippen LogP) is 3.37. The van der Waals surface area contributed by atoms with Gasteiger partial charge in [-0.25, -0.2) is 0 Å². The monoisotopic (exact) mass is 354 g/mol. The van der Waals surface area contributed by atoms with Crippen LogP contribution < -0.4 is 4.74 Å². The first-order valence-electron chi connectivity index (χ1n) is 3.79. The van der Waals surface area contributed by atoms with Crippen molar-refractivity contribution in [3.63, 3.8) is 0 Å². The lowest BCUT2D eigenvalue weighted by Gasteiger charge is -2.04. The fourth-order valence-corrected chi connectivity index (χ4v) is 2.13. The third-order valence-corrected chi connectivity index (χ3v) is 2.70. The highest BCUT2D eigenvalue weighted by Gasteiger charge is 2.05. The van der Waals surface area contributed by atoms with Gasteiger partial charge >= 0.3 is 5.97 Å². The van der Waals surface area contributed by atoms with E-state index in [0.717, 1.165) is 8.04 Å². The summed E-state index contributed by atoms with van der Waals surface area (Å²) in [4.78, 5) is 11.0. The summed E-state index contributed by atoms with van der Waals surface area (Å²) in [6, 6.07) is 5.57. The Balaban J connectivity index is 2.83. The molecule has 0 saturated carbocycles. The topological polar surface area (TPSA) is 26.3 Å². The average Bonchev–Trinajstić information content (AvgIpc) is 2.09. The number of carbonyl (C=O) groups is 1. The highest BCUT2D eigenvalue weighted by molar-refractivity contribution is 14.1. The van der Waals surface area contributed by atoms with Crippen molar-refractivity contribution in [1.82, 2.24) is 0 Å². The molecule has 1 rings (SSSR count). The number of halogens is 2. The minimum atomic E-state index is -0.220. The molecule has 13 heavy (non-hydrogen) atoms. The number of hydrogen-bond donors (Lipinski definition) is 0. The summed E-state index contributed by atoms with van der Waals surface area (Å²) in [5, 5.41) is 0. The summed E-state index contributed by atoms with van der Waals surface area (Å²) in [5.41, 5.74) is 0. The Hall–Kier alpha value is -0.100. The summed E-state index contributed by atoms with van der Waals surface area (Å²) < 4.78 is 6.96. The highest BCUT2D eigenvalue weighted by Crippen LogP contribution is 2.26. The Morgan fingerprint density at radius 3 is 2.85 bits per heavy atom. The molecule has 0 aromatic heterocycles. The van der Waals surface area contributed by atoms with E-state index in [1.807, 2.05) is 12.1 Å². The van der Waals surface area contributed by atoms with Crippen LogP contribution in [0.1, 0.15) is 13.3 Å². The highest BCUT2D eigenvalue weighted by atomic mass is 127. The molecule has 2 nitrogen and oxygen atoms in total. The van der Waals surface area contributed by atoms with Crippen molar-refractivity contribution >= 4 is 44.5 Å². The normalized spacial score (nSPS) is 9.77. The van der Waals surface area contributed by atoms with E-state index in [4.69, 9.17) is 4.74 Å². The Morgan fingerprint density at radius 2 is 2.31 bits per heavy atom. The van der Waals surface area contributed by atoms with Crippen molar-refractivity contribution in [3.05, 3.63) is 26.2 Å². The van der Waals surface area contributed by atoms with Gasteiger partial charge in [0.1, 0.15) is 5.75 Å². The van der Waals surface area contributed by atoms with E-state index in [1.54, 1.807) is 13.0 Å². The molecule has 0 saturated heterocycles. The summed E-state index contributed by atoms with van der Waals surface area (Å²) in [6.07, 6.45) is 0.387. The third kappa shape index (κ3) is 3.27. The summed E-state index contributed by atoms with van der Waals surface area (Å²) in [7, 11) is 0. The van der Waals surface area contributed by atoms with E-state index in [0.29, 0.717) is 12.2 Å². The number of esters is 1. The minimum absolute atomic E-state index is 0.220. The Kier molecular flexibility index (Phi) is 4.18. The average molecular weight is 355 g/mol. The van der Waals surface area contributed by atoms with Crippen LogP contribution in [0.5, 0.6) is 5.75 Å². The van der Waals surface area contributed by atoms with Crippen LogP contribution in [0, 0.1) is 3.57 Å². The molecular formula is C9H8BrIO2. The van der Waals surface area contributed by atoms with Gasteiger partial charge < -0.3 is 4.74 Å². The predicted molar refractivity (Wildman–Crippen MR) is 62.8 cm³/mol. The Morgan fingerprint density at radius 1 is 1.62 bits per heavy atom. The summed E-state index contributed by atoms with van der Waals surface area (Å²) >= 11 is 5.52. The van der Waals surface area contributed by atoms with Gasteiger partial charge in [-0.05, 0) is 56.7 Å². The third-order valence-electron chi connectivity index (χ3n) is 1.41. The lowest BCUT2D eigenvalue weighted by Crippen LogP contribution is -2.05. The van der Waals surface area contributed by atoms with Crippen LogP contribution in [0.25, 0.3) is 0 Å². The zero-order chi connectivity index (χ0) is 9.84. The molecule has 70 valence electrons. The first-order chi connectivity index (χ1) is 6.13. The second-order valence-electron chi connectivity index (χ2n) is 2.40. The Bertz CT molecular complexity index is 325. The molecule has 1 aromatic carbocycles. The SMILES string of the molecule is CCC(=O)Oc1ccc(I)cc1Br. The number of ether oxygens (including phenoxy) is 1. The fourth-order valence-electron chi connectivity index (χ4n) is 0.753. The van der Waals surface area contributed by atoms with Crippen LogP contribution in [0.4, 0.5) is 0 Å². The zero-order valence-electron chi connectivity index (χ0n) is 7.01. The van der Waals surface area contributed by atoms with Gasteiger partial charge in [-0.15, -0.1) is 0 Å². The molecule has 0 N–H and O–H groups in total. The van der Waals surface area contributed by atoms with Crippen LogP contribution in [-0.2, 0) is 4.79 Å². The molecule has 1 aromatic rings.